The van der Waals surface area contributed by atoms with Gasteiger partial charge < -0.3 is 10.2 Å². The van der Waals surface area contributed by atoms with Crippen LogP contribution in [-0.4, -0.2) is 29.0 Å². The highest BCUT2D eigenvalue weighted by Crippen LogP contribution is 2.49. The summed E-state index contributed by atoms with van der Waals surface area (Å²) >= 11 is 0. The topological polar surface area (TPSA) is 45.2 Å². The third-order valence-corrected chi connectivity index (χ3v) is 5.69. The van der Waals surface area contributed by atoms with Gasteiger partial charge in [-0.2, -0.15) is 0 Å². The second-order valence-electron chi connectivity index (χ2n) is 7.59. The Hall–Kier alpha value is -2.50. The molecule has 1 saturated heterocycles. The average Bonchev–Trinajstić information content (AvgIpc) is 3.25. The molecular formula is C21H23F2N3O. The molecule has 0 bridgehead atoms. The van der Waals surface area contributed by atoms with Crippen LogP contribution in [0.25, 0.3) is 0 Å². The number of hydrogen-bond acceptors (Lipinski definition) is 2. The van der Waals surface area contributed by atoms with Gasteiger partial charge in [-0.05, 0) is 56.9 Å². The lowest BCUT2D eigenvalue weighted by molar-refractivity contribution is 0.191. The Bertz CT molecular complexity index is 846. The van der Waals surface area contributed by atoms with Crippen LogP contribution in [0.15, 0.2) is 36.4 Å². The number of rotatable bonds is 4. The van der Waals surface area contributed by atoms with E-state index in [-0.39, 0.29) is 24.2 Å². The van der Waals surface area contributed by atoms with Crippen LogP contribution in [0.1, 0.15) is 48.7 Å². The summed E-state index contributed by atoms with van der Waals surface area (Å²) in [6.07, 6.45) is 3.14. The number of amides is 2. The number of nitrogens with zero attached hydrogens (tertiary/aromatic N) is 2. The van der Waals surface area contributed by atoms with Crippen molar-refractivity contribution in [2.24, 2.45) is 0 Å². The molecule has 2 aromatic rings. The van der Waals surface area contributed by atoms with E-state index in [1.54, 1.807) is 4.90 Å². The fraction of sp³-hybridized carbons (Fsp3) is 0.429. The highest BCUT2D eigenvalue weighted by atomic mass is 19.1. The lowest BCUT2D eigenvalue weighted by atomic mass is 9.94. The van der Waals surface area contributed by atoms with Gasteiger partial charge in [0.15, 0.2) is 0 Å². The number of halogens is 2. The Labute approximate surface area is 157 Å². The summed E-state index contributed by atoms with van der Waals surface area (Å²) in [5, 5.41) is 2.92. The van der Waals surface area contributed by atoms with Crippen molar-refractivity contribution in [3.63, 3.8) is 0 Å². The number of pyridine rings is 1. The van der Waals surface area contributed by atoms with Gasteiger partial charge in [0, 0.05) is 29.8 Å². The van der Waals surface area contributed by atoms with Crippen LogP contribution in [0.4, 0.5) is 13.6 Å². The quantitative estimate of drug-likeness (QED) is 0.873. The number of urea groups is 1. The van der Waals surface area contributed by atoms with E-state index in [9.17, 15) is 13.6 Å². The molecule has 4 rings (SSSR count). The molecule has 1 aliphatic carbocycles. The van der Waals surface area contributed by atoms with Crippen molar-refractivity contribution in [2.75, 3.05) is 13.1 Å². The van der Waals surface area contributed by atoms with Gasteiger partial charge in [-0.15, -0.1) is 0 Å². The van der Waals surface area contributed by atoms with E-state index in [4.69, 9.17) is 0 Å². The molecule has 1 aliphatic heterocycles. The molecule has 0 radical (unpaired) electrons. The molecule has 1 N–H and O–H groups in total. The summed E-state index contributed by atoms with van der Waals surface area (Å²) in [6.45, 7) is 2.84. The average molecular weight is 371 g/mol. The molecule has 4 nitrogen and oxygen atoms in total. The van der Waals surface area contributed by atoms with Gasteiger partial charge >= 0.3 is 6.03 Å². The molecule has 6 heteroatoms. The number of aryl methyl sites for hydroxylation is 1. The van der Waals surface area contributed by atoms with Gasteiger partial charge in [0.1, 0.15) is 11.6 Å². The van der Waals surface area contributed by atoms with E-state index in [0.29, 0.717) is 19.4 Å². The minimum absolute atomic E-state index is 0.0507. The smallest absolute Gasteiger partial charge is 0.317 e. The second kappa shape index (κ2) is 6.91. The molecule has 1 aromatic carbocycles. The van der Waals surface area contributed by atoms with Crippen LogP contribution in [0.5, 0.6) is 0 Å². The third-order valence-electron chi connectivity index (χ3n) is 5.69. The van der Waals surface area contributed by atoms with E-state index in [0.717, 1.165) is 24.2 Å². The third kappa shape index (κ3) is 3.40. The maximum atomic E-state index is 14.2. The number of carbonyl (C=O) groups is 1. The van der Waals surface area contributed by atoms with Crippen molar-refractivity contribution in [2.45, 2.75) is 44.1 Å². The van der Waals surface area contributed by atoms with Crippen molar-refractivity contribution >= 4 is 6.03 Å². The summed E-state index contributed by atoms with van der Waals surface area (Å²) in [5.74, 6) is -1.07. The number of hydrogen-bond donors (Lipinski definition) is 1. The van der Waals surface area contributed by atoms with Crippen LogP contribution in [-0.2, 0) is 5.41 Å². The first-order valence-electron chi connectivity index (χ1n) is 9.43. The van der Waals surface area contributed by atoms with E-state index in [1.807, 2.05) is 25.1 Å². The monoisotopic (exact) mass is 371 g/mol. The normalized spacial score (nSPS) is 20.6. The Morgan fingerprint density at radius 3 is 2.59 bits per heavy atom. The van der Waals surface area contributed by atoms with Crippen LogP contribution < -0.4 is 5.32 Å². The van der Waals surface area contributed by atoms with Crippen LogP contribution in [0.2, 0.25) is 0 Å². The summed E-state index contributed by atoms with van der Waals surface area (Å²) in [4.78, 5) is 19.1. The van der Waals surface area contributed by atoms with Gasteiger partial charge in [-0.1, -0.05) is 12.1 Å². The van der Waals surface area contributed by atoms with Gasteiger partial charge in [-0.25, -0.2) is 13.6 Å². The van der Waals surface area contributed by atoms with Crippen molar-refractivity contribution in [1.29, 1.82) is 0 Å². The zero-order valence-corrected chi connectivity index (χ0v) is 15.3. The molecule has 2 aliphatic rings. The van der Waals surface area contributed by atoms with Gasteiger partial charge in [0.25, 0.3) is 0 Å². The van der Waals surface area contributed by atoms with Crippen LogP contribution in [0, 0.1) is 18.6 Å². The minimum Gasteiger partial charge on any atom is -0.337 e. The predicted octanol–water partition coefficient (Wildman–Crippen LogP) is 4.25. The molecule has 27 heavy (non-hydrogen) atoms. The molecule has 1 atom stereocenters. The Kier molecular flexibility index (Phi) is 4.58. The lowest BCUT2D eigenvalue weighted by Crippen LogP contribution is -2.43. The fourth-order valence-electron chi connectivity index (χ4n) is 4.08. The van der Waals surface area contributed by atoms with E-state index < -0.39 is 17.0 Å². The molecule has 2 heterocycles. The fourth-order valence-corrected chi connectivity index (χ4v) is 4.08. The molecule has 0 spiro atoms. The summed E-state index contributed by atoms with van der Waals surface area (Å²) < 4.78 is 28.3. The summed E-state index contributed by atoms with van der Waals surface area (Å²) in [7, 11) is 0. The molecule has 142 valence electrons. The molecule has 2 amide bonds. The standard InChI is InChI=1S/C21H23F2N3O/c1-14-5-2-8-17(25-14)18-9-4-12-26(18)20(27)24-13-21(10-11-21)19-15(22)6-3-7-16(19)23/h2-3,5-8,18H,4,9-13H2,1H3,(H,24,27)/t18-/m0/s1. The first-order valence-corrected chi connectivity index (χ1v) is 9.43. The number of benzene rings is 1. The Morgan fingerprint density at radius 1 is 1.22 bits per heavy atom. The van der Waals surface area contributed by atoms with E-state index >= 15 is 0 Å². The lowest BCUT2D eigenvalue weighted by Gasteiger charge is -2.26. The number of aromatic nitrogens is 1. The summed E-state index contributed by atoms with van der Waals surface area (Å²) in [6, 6.07) is 9.51. The molecule has 1 saturated carbocycles. The van der Waals surface area contributed by atoms with Crippen LogP contribution >= 0.6 is 0 Å². The zero-order chi connectivity index (χ0) is 19.0. The van der Waals surface area contributed by atoms with Crippen molar-refractivity contribution < 1.29 is 13.6 Å². The van der Waals surface area contributed by atoms with Crippen LogP contribution in [0.3, 0.4) is 0 Å². The molecule has 1 aromatic heterocycles. The summed E-state index contributed by atoms with van der Waals surface area (Å²) in [5.41, 5.74) is 1.29. The van der Waals surface area contributed by atoms with E-state index in [1.165, 1.54) is 18.2 Å². The maximum absolute atomic E-state index is 14.2. The highest BCUT2D eigenvalue weighted by molar-refractivity contribution is 5.75. The van der Waals surface area contributed by atoms with E-state index in [2.05, 4.69) is 10.3 Å². The van der Waals surface area contributed by atoms with Crippen molar-refractivity contribution in [3.05, 3.63) is 65.0 Å². The highest BCUT2D eigenvalue weighted by Gasteiger charge is 2.48. The SMILES string of the molecule is Cc1cccc([C@@H]2CCCN2C(=O)NCC2(c3c(F)cccc3F)CC2)n1. The van der Waals surface area contributed by atoms with Gasteiger partial charge in [-0.3, -0.25) is 4.98 Å². The number of carbonyl (C=O) groups excluding carboxylic acids is 1. The molecule has 2 fully saturated rings. The molecule has 0 unspecified atom stereocenters. The first-order chi connectivity index (χ1) is 13.0. The van der Waals surface area contributed by atoms with Gasteiger partial charge in [0.2, 0.25) is 0 Å². The van der Waals surface area contributed by atoms with Gasteiger partial charge in [0.05, 0.1) is 11.7 Å². The first kappa shape index (κ1) is 17.9. The van der Waals surface area contributed by atoms with Crippen molar-refractivity contribution in [1.82, 2.24) is 15.2 Å². The predicted molar refractivity (Wildman–Crippen MR) is 98.3 cm³/mol. The number of nitrogens with one attached hydrogen (secondary N) is 1. The minimum atomic E-state index is -0.623. The Morgan fingerprint density at radius 2 is 1.93 bits per heavy atom. The number of likely N-dealkylation sites (tertiary alicyclic amines) is 1. The maximum Gasteiger partial charge on any atom is 0.317 e. The second-order valence-corrected chi connectivity index (χ2v) is 7.59. The zero-order valence-electron chi connectivity index (χ0n) is 15.3. The Balaban J connectivity index is 1.46. The molecular weight excluding hydrogens is 348 g/mol. The van der Waals surface area contributed by atoms with Crippen molar-refractivity contribution in [3.8, 4) is 0 Å². The largest absolute Gasteiger partial charge is 0.337 e.